The van der Waals surface area contributed by atoms with Gasteiger partial charge in [-0.2, -0.15) is 5.10 Å². The number of nitrogens with two attached hydrogens (primary N) is 1. The lowest BCUT2D eigenvalue weighted by atomic mass is 10.2. The van der Waals surface area contributed by atoms with E-state index < -0.39 is 11.7 Å². The molecule has 2 rings (SSSR count). The third kappa shape index (κ3) is 3.47. The number of H-pyrrole nitrogens is 1. The zero-order valence-corrected chi connectivity index (χ0v) is 10.1. The number of anilines is 1. The molecule has 0 bridgehead atoms. The largest absolute Gasteiger partial charge is 0.383 e. The lowest BCUT2D eigenvalue weighted by molar-refractivity contribution is 0.0953. The topological polar surface area (TPSA) is 110 Å². The van der Waals surface area contributed by atoms with Crippen LogP contribution in [0.1, 0.15) is 22.6 Å². The molecular weight excluding hydrogens is 251 g/mol. The summed E-state index contributed by atoms with van der Waals surface area (Å²) in [5.41, 5.74) is 5.55. The monoisotopic (exact) mass is 264 g/mol. The number of aryl methyl sites for hydroxylation is 1. The van der Waals surface area contributed by atoms with Gasteiger partial charge in [-0.25, -0.2) is 14.4 Å². The number of amides is 1. The van der Waals surface area contributed by atoms with Gasteiger partial charge >= 0.3 is 0 Å². The van der Waals surface area contributed by atoms with Crippen molar-refractivity contribution >= 4 is 11.7 Å². The van der Waals surface area contributed by atoms with Gasteiger partial charge in [0.05, 0.1) is 11.8 Å². The number of nitrogen functional groups attached to an aromatic ring is 1. The Balaban J connectivity index is 1.82. The fourth-order valence-corrected chi connectivity index (χ4v) is 1.54. The summed E-state index contributed by atoms with van der Waals surface area (Å²) in [7, 11) is 0. The van der Waals surface area contributed by atoms with Crippen molar-refractivity contribution in [3.8, 4) is 0 Å². The SMILES string of the molecule is Nc1ncc(F)cc1C(=O)NCCCc1ncn[nH]1. The van der Waals surface area contributed by atoms with E-state index in [2.05, 4.69) is 25.5 Å². The van der Waals surface area contributed by atoms with Gasteiger partial charge in [0.25, 0.3) is 5.91 Å². The molecule has 4 N–H and O–H groups in total. The highest BCUT2D eigenvalue weighted by Crippen LogP contribution is 2.09. The molecule has 0 unspecified atom stereocenters. The van der Waals surface area contributed by atoms with Crippen molar-refractivity contribution in [2.24, 2.45) is 0 Å². The predicted molar refractivity (Wildman–Crippen MR) is 65.6 cm³/mol. The highest BCUT2D eigenvalue weighted by molar-refractivity contribution is 5.98. The van der Waals surface area contributed by atoms with Gasteiger partial charge in [0.15, 0.2) is 0 Å². The number of aromatic nitrogens is 4. The Kier molecular flexibility index (Phi) is 4.01. The minimum atomic E-state index is -0.596. The number of rotatable bonds is 5. The molecule has 0 aliphatic carbocycles. The predicted octanol–water partition coefficient (Wildman–Crippen LogP) is 0.284. The molecule has 8 heteroatoms. The maximum absolute atomic E-state index is 13.0. The van der Waals surface area contributed by atoms with Gasteiger partial charge in [-0.05, 0) is 12.5 Å². The summed E-state index contributed by atoms with van der Waals surface area (Å²) in [6.07, 6.45) is 3.74. The molecule has 7 nitrogen and oxygen atoms in total. The standard InChI is InChI=1S/C11H13FN6O/c12-7-4-8(10(13)15-5-7)11(19)14-3-1-2-9-16-6-17-18-9/h4-6H,1-3H2,(H2,13,15)(H,14,19)(H,16,17,18). The Hall–Kier alpha value is -2.51. The van der Waals surface area contributed by atoms with E-state index in [4.69, 9.17) is 5.73 Å². The maximum atomic E-state index is 13.0. The zero-order valence-electron chi connectivity index (χ0n) is 10.1. The van der Waals surface area contributed by atoms with Gasteiger partial charge < -0.3 is 11.1 Å². The molecule has 0 aliphatic heterocycles. The van der Waals surface area contributed by atoms with E-state index in [1.165, 1.54) is 6.33 Å². The van der Waals surface area contributed by atoms with E-state index in [1.807, 2.05) is 0 Å². The summed E-state index contributed by atoms with van der Waals surface area (Å²) >= 11 is 0. The Labute approximate surface area is 108 Å². The van der Waals surface area contributed by atoms with Crippen LogP contribution in [-0.4, -0.2) is 32.6 Å². The average Bonchev–Trinajstić information content (AvgIpc) is 2.90. The highest BCUT2D eigenvalue weighted by Gasteiger charge is 2.11. The van der Waals surface area contributed by atoms with Crippen molar-refractivity contribution < 1.29 is 9.18 Å². The first-order chi connectivity index (χ1) is 9.16. The highest BCUT2D eigenvalue weighted by atomic mass is 19.1. The quantitative estimate of drug-likeness (QED) is 0.672. The molecule has 2 aromatic rings. The Morgan fingerprint density at radius 2 is 2.32 bits per heavy atom. The van der Waals surface area contributed by atoms with Crippen molar-refractivity contribution in [2.45, 2.75) is 12.8 Å². The van der Waals surface area contributed by atoms with Crippen LogP contribution in [0.5, 0.6) is 0 Å². The summed E-state index contributed by atoms with van der Waals surface area (Å²) in [5.74, 6) is -0.279. The first kappa shape index (κ1) is 12.9. The fourth-order valence-electron chi connectivity index (χ4n) is 1.54. The molecule has 19 heavy (non-hydrogen) atoms. The van der Waals surface area contributed by atoms with Crippen molar-refractivity contribution in [2.75, 3.05) is 12.3 Å². The molecule has 2 aromatic heterocycles. The van der Waals surface area contributed by atoms with E-state index in [0.717, 1.165) is 18.1 Å². The molecule has 0 saturated carbocycles. The smallest absolute Gasteiger partial charge is 0.255 e. The second-order valence-electron chi connectivity index (χ2n) is 3.88. The van der Waals surface area contributed by atoms with Crippen molar-refractivity contribution in [3.63, 3.8) is 0 Å². The lowest BCUT2D eigenvalue weighted by Crippen LogP contribution is -2.26. The second-order valence-corrected chi connectivity index (χ2v) is 3.88. The van der Waals surface area contributed by atoms with Gasteiger partial charge in [-0.3, -0.25) is 9.89 Å². The van der Waals surface area contributed by atoms with Gasteiger partial charge in [0, 0.05) is 13.0 Å². The summed E-state index contributed by atoms with van der Waals surface area (Å²) in [6.45, 7) is 0.426. The average molecular weight is 264 g/mol. The molecule has 0 atom stereocenters. The summed E-state index contributed by atoms with van der Waals surface area (Å²) < 4.78 is 13.0. The molecular formula is C11H13FN6O. The van der Waals surface area contributed by atoms with Crippen LogP contribution in [0.2, 0.25) is 0 Å². The van der Waals surface area contributed by atoms with Crippen LogP contribution in [0, 0.1) is 5.82 Å². The van der Waals surface area contributed by atoms with Crippen molar-refractivity contribution in [3.05, 3.63) is 35.8 Å². The number of hydrogen-bond acceptors (Lipinski definition) is 5. The number of nitrogens with zero attached hydrogens (tertiary/aromatic N) is 3. The minimum Gasteiger partial charge on any atom is -0.383 e. The van der Waals surface area contributed by atoms with Gasteiger partial charge in [0.2, 0.25) is 0 Å². The molecule has 0 radical (unpaired) electrons. The van der Waals surface area contributed by atoms with Crippen LogP contribution in [0.25, 0.3) is 0 Å². The lowest BCUT2D eigenvalue weighted by Gasteiger charge is -2.06. The number of carbonyl (C=O) groups excluding carboxylic acids is 1. The summed E-state index contributed by atoms with van der Waals surface area (Å²) in [5, 5.41) is 9.08. The van der Waals surface area contributed by atoms with E-state index in [1.54, 1.807) is 0 Å². The molecule has 0 saturated heterocycles. The minimum absolute atomic E-state index is 0.00846. The van der Waals surface area contributed by atoms with Gasteiger partial charge in [-0.15, -0.1) is 0 Å². The number of hydrogen-bond donors (Lipinski definition) is 3. The maximum Gasteiger partial charge on any atom is 0.255 e. The van der Waals surface area contributed by atoms with Gasteiger partial charge in [0.1, 0.15) is 23.8 Å². The molecule has 0 aliphatic rings. The van der Waals surface area contributed by atoms with Crippen molar-refractivity contribution in [1.29, 1.82) is 0 Å². The van der Waals surface area contributed by atoms with Gasteiger partial charge in [-0.1, -0.05) is 0 Å². The first-order valence-corrected chi connectivity index (χ1v) is 5.70. The zero-order chi connectivity index (χ0) is 13.7. The fraction of sp³-hybridized carbons (Fsp3) is 0.273. The number of carbonyl (C=O) groups is 1. The van der Waals surface area contributed by atoms with E-state index >= 15 is 0 Å². The van der Waals surface area contributed by atoms with E-state index in [9.17, 15) is 9.18 Å². The molecule has 0 aromatic carbocycles. The van der Waals surface area contributed by atoms with Crippen LogP contribution in [0.4, 0.5) is 10.2 Å². The Morgan fingerprint density at radius 3 is 3.05 bits per heavy atom. The third-order valence-electron chi connectivity index (χ3n) is 2.47. The summed E-state index contributed by atoms with van der Waals surface area (Å²) in [6, 6.07) is 1.06. The Morgan fingerprint density at radius 1 is 1.47 bits per heavy atom. The Bertz CT molecular complexity index is 556. The number of nitrogens with one attached hydrogen (secondary N) is 2. The van der Waals surface area contributed by atoms with Crippen LogP contribution in [-0.2, 0) is 6.42 Å². The molecule has 1 amide bonds. The second kappa shape index (κ2) is 5.89. The molecule has 100 valence electrons. The van der Waals surface area contributed by atoms with Crippen LogP contribution in [0.3, 0.4) is 0 Å². The number of pyridine rings is 1. The summed E-state index contributed by atoms with van der Waals surface area (Å²) in [4.78, 5) is 19.3. The molecule has 0 spiro atoms. The van der Waals surface area contributed by atoms with Crippen molar-refractivity contribution in [1.82, 2.24) is 25.5 Å². The third-order valence-corrected chi connectivity index (χ3v) is 2.47. The van der Waals surface area contributed by atoms with Crippen LogP contribution in [0.15, 0.2) is 18.6 Å². The molecule has 2 heterocycles. The normalized spacial score (nSPS) is 10.4. The van der Waals surface area contributed by atoms with E-state index in [-0.39, 0.29) is 11.4 Å². The van der Waals surface area contributed by atoms with Crippen LogP contribution < -0.4 is 11.1 Å². The molecule has 0 fully saturated rings. The number of aromatic amines is 1. The first-order valence-electron chi connectivity index (χ1n) is 5.70. The number of halogens is 1. The van der Waals surface area contributed by atoms with E-state index in [0.29, 0.717) is 19.4 Å². The van der Waals surface area contributed by atoms with Crippen LogP contribution >= 0.6 is 0 Å².